The minimum atomic E-state index is -5.08. The molecular formula is C14H10ClF4N7O4S2. The Morgan fingerprint density at radius 1 is 1.34 bits per heavy atom. The van der Waals surface area contributed by atoms with E-state index in [1.807, 2.05) is 5.48 Å². The molecule has 11 nitrogen and oxygen atoms in total. The van der Waals surface area contributed by atoms with Gasteiger partial charge >= 0.3 is 12.1 Å². The molecule has 0 saturated heterocycles. The van der Waals surface area contributed by atoms with E-state index >= 15 is 0 Å². The summed E-state index contributed by atoms with van der Waals surface area (Å²) in [6.07, 6.45) is -5.08. The first kappa shape index (κ1) is 25.2. The van der Waals surface area contributed by atoms with Crippen molar-refractivity contribution in [3.8, 4) is 0 Å². The molecule has 0 unspecified atom stereocenters. The number of nitrogens with zero attached hydrogens (tertiary/aromatic N) is 5. The second-order valence-corrected chi connectivity index (χ2v) is 7.87. The smallest absolute Gasteiger partial charge is 0.475 e. The van der Waals surface area contributed by atoms with Crippen LogP contribution in [0.1, 0.15) is 11.4 Å². The fourth-order valence-electron chi connectivity index (χ4n) is 1.70. The fraction of sp³-hybridized carbons (Fsp3) is 0.143. The predicted molar refractivity (Wildman–Crippen MR) is 104 cm³/mol. The largest absolute Gasteiger partial charge is 0.490 e. The van der Waals surface area contributed by atoms with E-state index in [2.05, 4.69) is 25.5 Å². The van der Waals surface area contributed by atoms with E-state index < -0.39 is 18.0 Å². The van der Waals surface area contributed by atoms with Gasteiger partial charge < -0.3 is 10.8 Å². The quantitative estimate of drug-likeness (QED) is 0.129. The SMILES string of the molecule is Nc1nnc(SCc2nonc2C(=Nc2ccc(F)c(Cl)c2)NO)s1.O=C(O)C(F)(F)F. The van der Waals surface area contributed by atoms with Crippen LogP contribution in [0.5, 0.6) is 0 Å². The Hall–Kier alpha value is -3.02. The standard InChI is InChI=1S/C12H9ClFN7O2S2.C2HF3O2/c13-6-3-5(1-2-7(6)14)16-10(19-22)9-8(20-23-21-9)4-24-12-18-17-11(15)25-12;3-2(4,5)1(6)7/h1-3,22H,4H2,(H2,15,17)(H,16,19);(H,6,7). The highest BCUT2D eigenvalue weighted by Crippen LogP contribution is 2.27. The Morgan fingerprint density at radius 3 is 2.56 bits per heavy atom. The van der Waals surface area contributed by atoms with Crippen molar-refractivity contribution in [3.05, 3.63) is 40.4 Å². The molecule has 0 aliphatic carbocycles. The topological polar surface area (TPSA) is 173 Å². The summed E-state index contributed by atoms with van der Waals surface area (Å²) in [4.78, 5) is 13.0. The van der Waals surface area contributed by atoms with E-state index in [1.165, 1.54) is 35.2 Å². The van der Waals surface area contributed by atoms with Gasteiger partial charge in [0.2, 0.25) is 5.13 Å². The number of carbonyl (C=O) groups is 1. The van der Waals surface area contributed by atoms with Crippen molar-refractivity contribution in [1.29, 1.82) is 0 Å². The molecule has 0 radical (unpaired) electrons. The lowest BCUT2D eigenvalue weighted by molar-refractivity contribution is -0.192. The highest BCUT2D eigenvalue weighted by atomic mass is 35.5. The third-order valence-corrected chi connectivity index (χ3v) is 5.21. The molecule has 0 atom stereocenters. The van der Waals surface area contributed by atoms with Gasteiger partial charge in [-0.25, -0.2) is 18.8 Å². The molecule has 0 aliphatic rings. The number of nitrogens with one attached hydrogen (secondary N) is 1. The van der Waals surface area contributed by atoms with Crippen LogP contribution < -0.4 is 11.2 Å². The molecule has 0 fully saturated rings. The zero-order valence-corrected chi connectivity index (χ0v) is 17.6. The van der Waals surface area contributed by atoms with Gasteiger partial charge in [0, 0.05) is 5.75 Å². The van der Waals surface area contributed by atoms with Gasteiger partial charge in [0.05, 0.1) is 10.7 Å². The van der Waals surface area contributed by atoms with E-state index in [0.29, 0.717) is 26.6 Å². The Labute approximate surface area is 188 Å². The number of carboxylic acids is 1. The Morgan fingerprint density at radius 2 is 2.03 bits per heavy atom. The van der Waals surface area contributed by atoms with Crippen LogP contribution in [-0.2, 0) is 10.5 Å². The minimum absolute atomic E-state index is 0.0312. The zero-order chi connectivity index (χ0) is 23.9. The van der Waals surface area contributed by atoms with Crippen molar-refractivity contribution in [3.63, 3.8) is 0 Å². The van der Waals surface area contributed by atoms with Crippen molar-refractivity contribution < 1.29 is 37.3 Å². The van der Waals surface area contributed by atoms with E-state index in [4.69, 9.17) is 31.9 Å². The molecule has 3 aromatic rings. The second-order valence-electron chi connectivity index (χ2n) is 5.23. The number of hydrogen-bond acceptors (Lipinski definition) is 11. The van der Waals surface area contributed by atoms with Crippen LogP contribution in [-0.4, -0.2) is 48.8 Å². The number of halogens is 5. The zero-order valence-electron chi connectivity index (χ0n) is 15.2. The number of thioether (sulfide) groups is 1. The first-order valence-corrected chi connectivity index (χ1v) is 9.96. The maximum atomic E-state index is 13.2. The lowest BCUT2D eigenvalue weighted by Gasteiger charge is -2.03. The number of alkyl halides is 3. The van der Waals surface area contributed by atoms with Gasteiger partial charge in [0.25, 0.3) is 0 Å². The van der Waals surface area contributed by atoms with Crippen molar-refractivity contribution in [1.82, 2.24) is 26.0 Å². The average Bonchev–Trinajstić information content (AvgIpc) is 3.35. The molecule has 2 aromatic heterocycles. The number of aliphatic carboxylic acids is 1. The van der Waals surface area contributed by atoms with Crippen molar-refractivity contribution in [2.45, 2.75) is 16.3 Å². The molecule has 0 bridgehead atoms. The van der Waals surface area contributed by atoms with Crippen LogP contribution in [0.4, 0.5) is 28.4 Å². The average molecular weight is 516 g/mol. The third kappa shape index (κ3) is 7.29. The highest BCUT2D eigenvalue weighted by Gasteiger charge is 2.38. The summed E-state index contributed by atoms with van der Waals surface area (Å²) in [5.74, 6) is -3.03. The molecule has 0 amide bonds. The number of rotatable bonds is 5. The third-order valence-electron chi connectivity index (χ3n) is 3.03. The number of carboxylic acid groups (broad SMARTS) is 1. The van der Waals surface area contributed by atoms with Crippen LogP contribution in [0.15, 0.2) is 32.2 Å². The summed E-state index contributed by atoms with van der Waals surface area (Å²) in [7, 11) is 0. The van der Waals surface area contributed by atoms with Gasteiger partial charge in [-0.05, 0) is 23.4 Å². The van der Waals surface area contributed by atoms with Crippen LogP contribution in [0.25, 0.3) is 0 Å². The number of nitrogen functional groups attached to an aromatic ring is 1. The fourth-order valence-corrected chi connectivity index (χ4v) is 3.44. The summed E-state index contributed by atoms with van der Waals surface area (Å²) in [5.41, 5.74) is 8.35. The summed E-state index contributed by atoms with van der Waals surface area (Å²) < 4.78 is 50.3. The Bertz CT molecular complexity index is 1110. The molecule has 5 N–H and O–H groups in total. The maximum Gasteiger partial charge on any atom is 0.490 e. The van der Waals surface area contributed by atoms with E-state index in [9.17, 15) is 22.8 Å². The van der Waals surface area contributed by atoms with Crippen molar-refractivity contribution in [2.24, 2.45) is 4.99 Å². The number of amidine groups is 1. The predicted octanol–water partition coefficient (Wildman–Crippen LogP) is 3.28. The summed E-state index contributed by atoms with van der Waals surface area (Å²) in [5, 5.41) is 31.8. The van der Waals surface area contributed by atoms with Crippen LogP contribution in [0.3, 0.4) is 0 Å². The van der Waals surface area contributed by atoms with Crippen LogP contribution >= 0.6 is 34.7 Å². The van der Waals surface area contributed by atoms with Crippen LogP contribution in [0, 0.1) is 5.82 Å². The number of aliphatic imine (C=N–C) groups is 1. The number of aromatic nitrogens is 4. The summed E-state index contributed by atoms with van der Waals surface area (Å²) >= 11 is 8.27. The van der Waals surface area contributed by atoms with E-state index in [0.717, 1.165) is 6.07 Å². The maximum absolute atomic E-state index is 13.2. The molecule has 3 rings (SSSR count). The number of hydroxylamine groups is 1. The minimum Gasteiger partial charge on any atom is -0.475 e. The molecule has 0 saturated carbocycles. The number of benzene rings is 1. The molecule has 32 heavy (non-hydrogen) atoms. The van der Waals surface area contributed by atoms with Gasteiger partial charge in [0.1, 0.15) is 11.5 Å². The summed E-state index contributed by atoms with van der Waals surface area (Å²) in [6.45, 7) is 0. The van der Waals surface area contributed by atoms with Gasteiger partial charge in [-0.2, -0.15) is 13.2 Å². The number of nitrogens with two attached hydrogens (primary N) is 1. The van der Waals surface area contributed by atoms with E-state index in [-0.39, 0.29) is 16.6 Å². The van der Waals surface area contributed by atoms with E-state index in [1.54, 1.807) is 0 Å². The van der Waals surface area contributed by atoms with Gasteiger partial charge in [-0.3, -0.25) is 10.7 Å². The molecule has 0 spiro atoms. The molecule has 0 aliphatic heterocycles. The number of anilines is 1. The van der Waals surface area contributed by atoms with Gasteiger partial charge in [-0.15, -0.1) is 10.2 Å². The first-order valence-electron chi connectivity index (χ1n) is 7.78. The molecule has 172 valence electrons. The van der Waals surface area contributed by atoms with Crippen LogP contribution in [0.2, 0.25) is 5.02 Å². The number of hydrogen-bond donors (Lipinski definition) is 4. The first-order chi connectivity index (χ1) is 15.0. The molecule has 18 heteroatoms. The second kappa shape index (κ2) is 11.0. The molecular weight excluding hydrogens is 506 g/mol. The van der Waals surface area contributed by atoms with Crippen molar-refractivity contribution >= 4 is 57.3 Å². The van der Waals surface area contributed by atoms with Gasteiger partial charge in [0.15, 0.2) is 15.9 Å². The lowest BCUT2D eigenvalue weighted by atomic mass is 10.3. The molecule has 2 heterocycles. The normalized spacial score (nSPS) is 11.6. The monoisotopic (exact) mass is 515 g/mol. The van der Waals surface area contributed by atoms with Crippen molar-refractivity contribution in [2.75, 3.05) is 5.73 Å². The van der Waals surface area contributed by atoms with Gasteiger partial charge in [-0.1, -0.05) is 39.9 Å². The summed E-state index contributed by atoms with van der Waals surface area (Å²) in [6, 6.07) is 3.86. The molecule has 1 aromatic carbocycles. The Balaban J connectivity index is 0.000000451. The lowest BCUT2D eigenvalue weighted by Crippen LogP contribution is -2.21. The highest BCUT2D eigenvalue weighted by molar-refractivity contribution is 8.00. The Kier molecular flexibility index (Phi) is 8.70.